The Labute approximate surface area is 176 Å². The average Bonchev–Trinajstić information content (AvgIpc) is 2.65. The molecule has 0 saturated carbocycles. The highest BCUT2D eigenvalue weighted by Gasteiger charge is 2.32. The zero-order valence-electron chi connectivity index (χ0n) is 15.8. The molecule has 8 nitrogen and oxygen atoms in total. The molecule has 1 heterocycles. The quantitative estimate of drug-likeness (QED) is 0.637. The van der Waals surface area contributed by atoms with Gasteiger partial charge in [0.15, 0.2) is 0 Å². The van der Waals surface area contributed by atoms with Crippen LogP contribution in [0.1, 0.15) is 5.56 Å². The Morgan fingerprint density at radius 2 is 1.87 bits per heavy atom. The second-order valence-electron chi connectivity index (χ2n) is 6.33. The first-order valence-corrected chi connectivity index (χ1v) is 10.8. The molecule has 1 aliphatic heterocycles. The van der Waals surface area contributed by atoms with E-state index in [0.717, 1.165) is 18.4 Å². The van der Waals surface area contributed by atoms with E-state index in [-0.39, 0.29) is 43.7 Å². The van der Waals surface area contributed by atoms with Crippen molar-refractivity contribution in [3.8, 4) is 5.75 Å². The molecule has 1 aromatic carbocycles. The smallest absolute Gasteiger partial charge is 0.404 e. The van der Waals surface area contributed by atoms with E-state index in [1.807, 2.05) is 0 Å². The van der Waals surface area contributed by atoms with Gasteiger partial charge in [-0.05, 0) is 23.8 Å². The largest absolute Gasteiger partial charge is 0.573 e. The van der Waals surface area contributed by atoms with Crippen LogP contribution < -0.4 is 10.1 Å². The standard InChI is InChI=1S/C17H19ClF3N3O5S/c1-30(27,28)24-8-6-23(7-9-24)16(26)11-22-15(25)5-3-12-2-4-14(13(18)10-12)29-17(19,20)21/h2-5,10H,6-9,11H2,1H3,(H,22,25)/b5-3+. The molecule has 166 valence electrons. The number of nitrogens with one attached hydrogen (secondary N) is 1. The summed E-state index contributed by atoms with van der Waals surface area (Å²) in [5.41, 5.74) is 0.355. The molecule has 1 aromatic rings. The van der Waals surface area contributed by atoms with Gasteiger partial charge in [0.1, 0.15) is 5.75 Å². The van der Waals surface area contributed by atoms with Gasteiger partial charge in [0, 0.05) is 32.3 Å². The molecule has 0 unspecified atom stereocenters. The number of halogens is 4. The third-order valence-electron chi connectivity index (χ3n) is 4.08. The van der Waals surface area contributed by atoms with Crippen LogP contribution in [0.3, 0.4) is 0 Å². The molecule has 0 atom stereocenters. The van der Waals surface area contributed by atoms with Crippen molar-refractivity contribution in [1.29, 1.82) is 0 Å². The zero-order valence-corrected chi connectivity index (χ0v) is 17.4. The number of amides is 2. The maximum Gasteiger partial charge on any atom is 0.573 e. The minimum absolute atomic E-state index is 0.188. The Balaban J connectivity index is 1.82. The fourth-order valence-electron chi connectivity index (χ4n) is 2.60. The summed E-state index contributed by atoms with van der Waals surface area (Å²) in [6, 6.07) is 3.50. The first kappa shape index (κ1) is 24.0. The second kappa shape index (κ2) is 9.67. The molecular formula is C17H19ClF3N3O5S. The van der Waals surface area contributed by atoms with Crippen molar-refractivity contribution in [2.24, 2.45) is 0 Å². The lowest BCUT2D eigenvalue weighted by Gasteiger charge is -2.33. The van der Waals surface area contributed by atoms with E-state index in [4.69, 9.17) is 11.6 Å². The lowest BCUT2D eigenvalue weighted by Crippen LogP contribution is -2.52. The van der Waals surface area contributed by atoms with Crippen molar-refractivity contribution in [2.45, 2.75) is 6.36 Å². The first-order valence-electron chi connectivity index (χ1n) is 8.59. The summed E-state index contributed by atoms with van der Waals surface area (Å²) in [6.45, 7) is 0.548. The van der Waals surface area contributed by atoms with Gasteiger partial charge in [-0.15, -0.1) is 13.2 Å². The lowest BCUT2D eigenvalue weighted by molar-refractivity contribution is -0.274. The molecule has 0 aliphatic carbocycles. The second-order valence-corrected chi connectivity index (χ2v) is 8.72. The van der Waals surface area contributed by atoms with Crippen LogP contribution in [0.2, 0.25) is 5.02 Å². The van der Waals surface area contributed by atoms with Crippen molar-refractivity contribution in [3.63, 3.8) is 0 Å². The zero-order chi connectivity index (χ0) is 22.5. The fraction of sp³-hybridized carbons (Fsp3) is 0.412. The van der Waals surface area contributed by atoms with Crippen LogP contribution >= 0.6 is 11.6 Å². The minimum atomic E-state index is -4.87. The Bertz CT molecular complexity index is 929. The SMILES string of the molecule is CS(=O)(=O)N1CCN(C(=O)CNC(=O)/C=C/c2ccc(OC(F)(F)F)c(Cl)c2)CC1. The lowest BCUT2D eigenvalue weighted by atomic mass is 10.2. The number of carbonyl (C=O) groups is 2. The van der Waals surface area contributed by atoms with Crippen molar-refractivity contribution in [1.82, 2.24) is 14.5 Å². The van der Waals surface area contributed by atoms with Crippen molar-refractivity contribution < 1.29 is 35.9 Å². The summed E-state index contributed by atoms with van der Waals surface area (Å²) in [5.74, 6) is -1.52. The molecular weight excluding hydrogens is 451 g/mol. The van der Waals surface area contributed by atoms with E-state index in [9.17, 15) is 31.2 Å². The Kier molecular flexibility index (Phi) is 7.72. The van der Waals surface area contributed by atoms with E-state index in [1.54, 1.807) is 0 Å². The highest BCUT2D eigenvalue weighted by atomic mass is 35.5. The summed E-state index contributed by atoms with van der Waals surface area (Å²) in [6.07, 6.45) is -1.36. The number of ether oxygens (including phenoxy) is 1. The molecule has 0 bridgehead atoms. The predicted molar refractivity (Wildman–Crippen MR) is 103 cm³/mol. The van der Waals surface area contributed by atoms with Gasteiger partial charge in [0.25, 0.3) is 0 Å². The van der Waals surface area contributed by atoms with E-state index >= 15 is 0 Å². The number of alkyl halides is 3. The number of hydrogen-bond donors (Lipinski definition) is 1. The van der Waals surface area contributed by atoms with Gasteiger partial charge in [0.2, 0.25) is 21.8 Å². The molecule has 2 amide bonds. The predicted octanol–water partition coefficient (Wildman–Crippen LogP) is 1.47. The minimum Gasteiger partial charge on any atom is -0.404 e. The van der Waals surface area contributed by atoms with Gasteiger partial charge in [-0.1, -0.05) is 17.7 Å². The third-order valence-corrected chi connectivity index (χ3v) is 5.68. The Morgan fingerprint density at radius 3 is 2.40 bits per heavy atom. The first-order chi connectivity index (χ1) is 13.8. The number of nitrogens with zero attached hydrogens (tertiary/aromatic N) is 2. The number of carbonyl (C=O) groups excluding carboxylic acids is 2. The van der Waals surface area contributed by atoms with Crippen LogP contribution in [0.25, 0.3) is 6.08 Å². The van der Waals surface area contributed by atoms with Crippen LogP contribution in [-0.2, 0) is 19.6 Å². The number of rotatable bonds is 6. The van der Waals surface area contributed by atoms with Crippen LogP contribution in [0.15, 0.2) is 24.3 Å². The molecule has 13 heteroatoms. The fourth-order valence-corrected chi connectivity index (χ4v) is 3.66. The summed E-state index contributed by atoms with van der Waals surface area (Å²) in [7, 11) is -3.31. The molecule has 0 spiro atoms. The van der Waals surface area contributed by atoms with Crippen molar-refractivity contribution in [2.75, 3.05) is 39.0 Å². The molecule has 1 N–H and O–H groups in total. The molecule has 1 aliphatic rings. The molecule has 2 rings (SSSR count). The Hall–Kier alpha value is -2.31. The van der Waals surface area contributed by atoms with E-state index in [1.165, 1.54) is 27.4 Å². The normalized spacial score (nSPS) is 16.0. The van der Waals surface area contributed by atoms with Crippen LogP contribution in [0.5, 0.6) is 5.75 Å². The van der Waals surface area contributed by atoms with Gasteiger partial charge in [-0.25, -0.2) is 8.42 Å². The molecule has 0 radical (unpaired) electrons. The van der Waals surface area contributed by atoms with Crippen molar-refractivity contribution in [3.05, 3.63) is 34.9 Å². The number of sulfonamides is 1. The highest BCUT2D eigenvalue weighted by molar-refractivity contribution is 7.88. The van der Waals surface area contributed by atoms with Crippen LogP contribution in [0.4, 0.5) is 13.2 Å². The topological polar surface area (TPSA) is 96.0 Å². The number of benzene rings is 1. The van der Waals surface area contributed by atoms with E-state index < -0.39 is 28.0 Å². The Morgan fingerprint density at radius 1 is 1.23 bits per heavy atom. The summed E-state index contributed by atoms with van der Waals surface area (Å²) in [5, 5.41) is 2.11. The highest BCUT2D eigenvalue weighted by Crippen LogP contribution is 2.30. The summed E-state index contributed by atoms with van der Waals surface area (Å²) >= 11 is 5.73. The molecule has 1 fully saturated rings. The van der Waals surface area contributed by atoms with Gasteiger partial charge in [0.05, 0.1) is 17.8 Å². The average molecular weight is 470 g/mol. The van der Waals surface area contributed by atoms with Gasteiger partial charge in [-0.3, -0.25) is 9.59 Å². The van der Waals surface area contributed by atoms with Crippen LogP contribution in [0, 0.1) is 0 Å². The summed E-state index contributed by atoms with van der Waals surface area (Å²) < 4.78 is 64.6. The van der Waals surface area contributed by atoms with Gasteiger partial charge < -0.3 is 15.0 Å². The maximum absolute atomic E-state index is 12.2. The third kappa shape index (κ3) is 7.50. The van der Waals surface area contributed by atoms with E-state index in [2.05, 4.69) is 10.1 Å². The number of hydrogen-bond acceptors (Lipinski definition) is 5. The molecule has 30 heavy (non-hydrogen) atoms. The summed E-state index contributed by atoms with van der Waals surface area (Å²) in [4.78, 5) is 25.4. The van der Waals surface area contributed by atoms with Crippen LogP contribution in [-0.4, -0.2) is 74.8 Å². The van der Waals surface area contributed by atoms with Gasteiger partial charge in [-0.2, -0.15) is 4.31 Å². The maximum atomic E-state index is 12.2. The van der Waals surface area contributed by atoms with E-state index in [0.29, 0.717) is 5.56 Å². The van der Waals surface area contributed by atoms with Crippen molar-refractivity contribution >= 4 is 39.5 Å². The number of piperazine rings is 1. The van der Waals surface area contributed by atoms with Gasteiger partial charge >= 0.3 is 6.36 Å². The monoisotopic (exact) mass is 469 g/mol. The molecule has 0 aromatic heterocycles. The molecule has 1 saturated heterocycles.